The van der Waals surface area contributed by atoms with E-state index < -0.39 is 11.8 Å². The number of hydrogen-bond donors (Lipinski definition) is 0. The summed E-state index contributed by atoms with van der Waals surface area (Å²) in [7, 11) is 3.01. The molecular formula is C22H27NO4. The van der Waals surface area contributed by atoms with E-state index >= 15 is 0 Å². The van der Waals surface area contributed by atoms with Gasteiger partial charge in [0.2, 0.25) is 5.60 Å². The van der Waals surface area contributed by atoms with Crippen LogP contribution in [0.2, 0.25) is 0 Å². The fourth-order valence-corrected chi connectivity index (χ4v) is 6.24. The summed E-state index contributed by atoms with van der Waals surface area (Å²) in [6.45, 7) is 2.15. The summed E-state index contributed by atoms with van der Waals surface area (Å²) < 4.78 is 15.7. The van der Waals surface area contributed by atoms with Crippen molar-refractivity contribution in [2.24, 2.45) is 17.3 Å². The third kappa shape index (κ3) is 2.53. The first-order chi connectivity index (χ1) is 13.0. The van der Waals surface area contributed by atoms with Crippen molar-refractivity contribution in [3.05, 3.63) is 29.3 Å². The number of benzene rings is 1. The molecule has 3 aliphatic rings. The first-order valence-electron chi connectivity index (χ1n) is 9.83. The molecule has 3 aliphatic carbocycles. The molecule has 1 aromatic rings. The minimum Gasteiger partial charge on any atom is -0.497 e. The monoisotopic (exact) mass is 369 g/mol. The number of carbonyl (C=O) groups excluding carboxylic acids is 1. The highest BCUT2D eigenvalue weighted by molar-refractivity contribution is 5.61. The van der Waals surface area contributed by atoms with Gasteiger partial charge in [0, 0.05) is 11.8 Å². The van der Waals surface area contributed by atoms with Gasteiger partial charge in [0.1, 0.15) is 11.8 Å². The topological polar surface area (TPSA) is 68.5 Å². The fraction of sp³-hybridized carbons (Fsp3) is 0.636. The van der Waals surface area contributed by atoms with Crippen molar-refractivity contribution in [3.63, 3.8) is 0 Å². The van der Waals surface area contributed by atoms with Gasteiger partial charge in [0.25, 0.3) is 0 Å². The number of methoxy groups -OCH3 is 2. The Hall–Kier alpha value is -2.22. The van der Waals surface area contributed by atoms with Crippen molar-refractivity contribution < 1.29 is 19.0 Å². The Labute approximate surface area is 160 Å². The van der Waals surface area contributed by atoms with E-state index in [2.05, 4.69) is 31.2 Å². The highest BCUT2D eigenvalue weighted by Gasteiger charge is 2.65. The predicted octanol–water partition coefficient (Wildman–Crippen LogP) is 4.60. The summed E-state index contributed by atoms with van der Waals surface area (Å²) in [6, 6.07) is 8.83. The summed E-state index contributed by atoms with van der Waals surface area (Å²) >= 11 is 0. The highest BCUT2D eigenvalue weighted by Crippen LogP contribution is 2.65. The Morgan fingerprint density at radius 3 is 2.74 bits per heavy atom. The SMILES string of the molecule is COC(=O)OC1(C#N)CC[C@H]2[C@@H]3CCc4cc(OC)ccc4[C@H]3CC[C@@]21C. The van der Waals surface area contributed by atoms with Crippen LogP contribution in [0.15, 0.2) is 18.2 Å². The summed E-state index contributed by atoms with van der Waals surface area (Å²) in [5, 5.41) is 9.98. The minimum atomic E-state index is -1.07. The normalized spacial score (nSPS) is 36.6. The Morgan fingerprint density at radius 1 is 1.22 bits per heavy atom. The zero-order valence-corrected chi connectivity index (χ0v) is 16.3. The summed E-state index contributed by atoms with van der Waals surface area (Å²) in [5.74, 6) is 2.35. The molecule has 1 unspecified atom stereocenters. The summed E-state index contributed by atoms with van der Waals surface area (Å²) in [6.07, 6.45) is 4.83. The Balaban J connectivity index is 1.66. The average molecular weight is 369 g/mol. The minimum absolute atomic E-state index is 0.318. The maximum absolute atomic E-state index is 11.8. The number of nitrogens with zero attached hydrogens (tertiary/aromatic N) is 1. The van der Waals surface area contributed by atoms with Crippen molar-refractivity contribution in [1.29, 1.82) is 5.26 Å². The number of aryl methyl sites for hydroxylation is 1. The molecule has 4 rings (SSSR count). The van der Waals surface area contributed by atoms with Crippen LogP contribution < -0.4 is 4.74 Å². The van der Waals surface area contributed by atoms with E-state index in [1.54, 1.807) is 7.11 Å². The molecule has 2 fully saturated rings. The third-order valence-electron chi connectivity index (χ3n) is 7.66. The van der Waals surface area contributed by atoms with E-state index in [1.165, 1.54) is 18.2 Å². The zero-order valence-electron chi connectivity index (χ0n) is 16.3. The van der Waals surface area contributed by atoms with Gasteiger partial charge in [-0.15, -0.1) is 0 Å². The Kier molecular flexibility index (Phi) is 4.33. The van der Waals surface area contributed by atoms with E-state index in [1.807, 2.05) is 0 Å². The van der Waals surface area contributed by atoms with Crippen LogP contribution in [0, 0.1) is 28.6 Å². The highest BCUT2D eigenvalue weighted by atomic mass is 16.7. The van der Waals surface area contributed by atoms with Crippen LogP contribution in [-0.4, -0.2) is 26.0 Å². The number of ether oxygens (including phenoxy) is 3. The molecular weight excluding hydrogens is 342 g/mol. The van der Waals surface area contributed by atoms with Crippen molar-refractivity contribution in [2.75, 3.05) is 14.2 Å². The summed E-state index contributed by atoms with van der Waals surface area (Å²) in [4.78, 5) is 11.8. The first kappa shape index (κ1) is 18.2. The Bertz CT molecular complexity index is 800. The molecule has 27 heavy (non-hydrogen) atoms. The molecule has 0 spiro atoms. The van der Waals surface area contributed by atoms with E-state index in [9.17, 15) is 10.1 Å². The molecule has 0 amide bonds. The van der Waals surface area contributed by atoms with Crippen LogP contribution in [0.3, 0.4) is 0 Å². The number of rotatable bonds is 2. The molecule has 1 aromatic carbocycles. The second-order valence-electron chi connectivity index (χ2n) is 8.47. The van der Waals surface area contributed by atoms with Crippen LogP contribution in [-0.2, 0) is 15.9 Å². The van der Waals surface area contributed by atoms with Gasteiger partial charge in [0.05, 0.1) is 14.2 Å². The predicted molar refractivity (Wildman–Crippen MR) is 99.4 cm³/mol. The molecule has 2 saturated carbocycles. The lowest BCUT2D eigenvalue weighted by atomic mass is 9.53. The first-order valence-corrected chi connectivity index (χ1v) is 9.83. The van der Waals surface area contributed by atoms with E-state index in [0.29, 0.717) is 24.2 Å². The molecule has 144 valence electrons. The number of nitriles is 1. The van der Waals surface area contributed by atoms with Gasteiger partial charge in [-0.05, 0) is 73.1 Å². The molecule has 0 heterocycles. The van der Waals surface area contributed by atoms with Crippen LogP contribution in [0.4, 0.5) is 4.79 Å². The molecule has 5 atom stereocenters. The van der Waals surface area contributed by atoms with Gasteiger partial charge in [-0.1, -0.05) is 13.0 Å². The van der Waals surface area contributed by atoms with Gasteiger partial charge >= 0.3 is 6.16 Å². The van der Waals surface area contributed by atoms with Gasteiger partial charge in [0.15, 0.2) is 0 Å². The average Bonchev–Trinajstić information content (AvgIpc) is 2.99. The van der Waals surface area contributed by atoms with Crippen molar-refractivity contribution >= 4 is 6.16 Å². The molecule has 0 radical (unpaired) electrons. The van der Waals surface area contributed by atoms with E-state index in [0.717, 1.165) is 37.9 Å². The lowest BCUT2D eigenvalue weighted by Crippen LogP contribution is -2.52. The van der Waals surface area contributed by atoms with Gasteiger partial charge < -0.3 is 14.2 Å². The molecule has 5 heteroatoms. The van der Waals surface area contributed by atoms with Crippen LogP contribution in [0.25, 0.3) is 0 Å². The van der Waals surface area contributed by atoms with E-state index in [4.69, 9.17) is 14.2 Å². The second-order valence-corrected chi connectivity index (χ2v) is 8.47. The maximum Gasteiger partial charge on any atom is 0.509 e. The number of fused-ring (bicyclic) bond motifs is 5. The lowest BCUT2D eigenvalue weighted by Gasteiger charge is -2.52. The molecule has 0 bridgehead atoms. The molecule has 0 aliphatic heterocycles. The zero-order chi connectivity index (χ0) is 19.2. The van der Waals surface area contributed by atoms with Crippen molar-refractivity contribution in [2.45, 2.75) is 57.0 Å². The third-order valence-corrected chi connectivity index (χ3v) is 7.66. The lowest BCUT2D eigenvalue weighted by molar-refractivity contribution is -0.0896. The smallest absolute Gasteiger partial charge is 0.497 e. The van der Waals surface area contributed by atoms with Gasteiger partial charge in [-0.2, -0.15) is 5.26 Å². The van der Waals surface area contributed by atoms with Crippen LogP contribution >= 0.6 is 0 Å². The van der Waals surface area contributed by atoms with Crippen molar-refractivity contribution in [3.8, 4) is 11.8 Å². The summed E-state index contributed by atoms with van der Waals surface area (Å²) in [5.41, 5.74) is 1.45. The van der Waals surface area contributed by atoms with Crippen LogP contribution in [0.5, 0.6) is 5.75 Å². The molecule has 5 nitrogen and oxygen atoms in total. The number of carbonyl (C=O) groups is 1. The molecule has 0 N–H and O–H groups in total. The van der Waals surface area contributed by atoms with Gasteiger partial charge in [-0.25, -0.2) is 4.79 Å². The fourth-order valence-electron chi connectivity index (χ4n) is 6.24. The molecule has 0 saturated heterocycles. The number of hydrogen-bond acceptors (Lipinski definition) is 5. The van der Waals surface area contributed by atoms with E-state index in [-0.39, 0.29) is 5.41 Å². The quantitative estimate of drug-likeness (QED) is 0.713. The van der Waals surface area contributed by atoms with Crippen molar-refractivity contribution in [1.82, 2.24) is 0 Å². The standard InChI is InChI=1S/C22H27NO4/c1-21-10-8-17-16-7-5-15(25-2)12-14(16)4-6-18(17)19(21)9-11-22(21,13-23)27-20(24)26-3/h5,7,12,17-19H,4,6,8-11H2,1-3H3/t17-,18-,19+,21+,22?/m1/s1. The maximum atomic E-state index is 11.8. The van der Waals surface area contributed by atoms with Gasteiger partial charge in [-0.3, -0.25) is 0 Å². The largest absolute Gasteiger partial charge is 0.509 e. The Morgan fingerprint density at radius 2 is 2.04 bits per heavy atom. The van der Waals surface area contributed by atoms with Crippen LogP contribution in [0.1, 0.15) is 56.1 Å². The molecule has 0 aromatic heterocycles. The second kappa shape index (κ2) is 6.44.